The summed E-state index contributed by atoms with van der Waals surface area (Å²) in [6.45, 7) is 1.07. The molecule has 1 saturated heterocycles. The quantitative estimate of drug-likeness (QED) is 0.482. The zero-order valence-corrected chi connectivity index (χ0v) is 18.8. The van der Waals surface area contributed by atoms with E-state index in [1.54, 1.807) is 0 Å². The Morgan fingerprint density at radius 3 is 1.93 bits per heavy atom. The predicted molar refractivity (Wildman–Crippen MR) is 122 cm³/mol. The molecular formula is C24H21BrFNO2S. The Hall–Kier alpha value is -2.28. The van der Waals surface area contributed by atoms with Crippen LogP contribution in [0.4, 0.5) is 4.39 Å². The van der Waals surface area contributed by atoms with Crippen LogP contribution in [0.15, 0.2) is 88.9 Å². The average Bonchev–Trinajstić information content (AvgIpc) is 2.69. The molecule has 0 aromatic heterocycles. The normalized spacial score (nSPS) is 14.6. The van der Waals surface area contributed by atoms with Crippen molar-refractivity contribution in [1.82, 2.24) is 4.90 Å². The van der Waals surface area contributed by atoms with Crippen LogP contribution in [0.3, 0.4) is 0 Å². The number of benzene rings is 3. The largest absolute Gasteiger partial charge is 0.284 e. The minimum Gasteiger partial charge on any atom is -0.284 e. The first-order valence-corrected chi connectivity index (χ1v) is 12.2. The third-order valence-corrected chi connectivity index (χ3v) is 7.13. The molecule has 0 aliphatic carbocycles. The topological polar surface area (TPSA) is 37.4 Å². The van der Waals surface area contributed by atoms with E-state index in [4.69, 9.17) is 0 Å². The van der Waals surface area contributed by atoms with E-state index in [2.05, 4.69) is 45.1 Å². The number of rotatable bonds is 5. The Morgan fingerprint density at radius 2 is 1.47 bits per heavy atom. The van der Waals surface area contributed by atoms with Crippen molar-refractivity contribution < 1.29 is 12.8 Å². The fraction of sp³-hybridized carbons (Fsp3) is 0.167. The van der Waals surface area contributed by atoms with Gasteiger partial charge in [-0.3, -0.25) is 4.90 Å². The molecule has 0 atom stereocenters. The number of sulfone groups is 1. The van der Waals surface area contributed by atoms with E-state index in [1.807, 2.05) is 36.4 Å². The van der Waals surface area contributed by atoms with Gasteiger partial charge in [0, 0.05) is 19.3 Å². The van der Waals surface area contributed by atoms with Gasteiger partial charge in [-0.15, -0.1) is 0 Å². The highest BCUT2D eigenvalue weighted by molar-refractivity contribution is 9.10. The Bertz CT molecular complexity index is 1150. The van der Waals surface area contributed by atoms with Gasteiger partial charge in [-0.25, -0.2) is 12.8 Å². The number of nitrogens with zero attached hydrogens (tertiary/aromatic N) is 1. The van der Waals surface area contributed by atoms with Crippen LogP contribution >= 0.6 is 15.9 Å². The zero-order valence-electron chi connectivity index (χ0n) is 16.4. The molecule has 6 heteroatoms. The highest BCUT2D eigenvalue weighted by Gasteiger charge is 2.34. The van der Waals surface area contributed by atoms with Crippen LogP contribution in [0.5, 0.6) is 0 Å². The van der Waals surface area contributed by atoms with Gasteiger partial charge in [0.05, 0.1) is 15.4 Å². The first-order chi connectivity index (χ1) is 14.3. The van der Waals surface area contributed by atoms with Gasteiger partial charge in [0.25, 0.3) is 0 Å². The average molecular weight is 486 g/mol. The molecule has 0 radical (unpaired) electrons. The minimum atomic E-state index is -3.48. The summed E-state index contributed by atoms with van der Waals surface area (Å²) in [4.78, 5) is 2.54. The maximum atomic E-state index is 13.7. The summed E-state index contributed by atoms with van der Waals surface area (Å²) in [7, 11) is -3.48. The third-order valence-electron chi connectivity index (χ3n) is 5.26. The minimum absolute atomic E-state index is 0.0388. The molecule has 0 N–H and O–H groups in total. The maximum absolute atomic E-state index is 13.7. The Balaban J connectivity index is 1.72. The van der Waals surface area contributed by atoms with Crippen molar-refractivity contribution in [3.05, 3.63) is 111 Å². The summed E-state index contributed by atoms with van der Waals surface area (Å²) in [5.41, 5.74) is 3.67. The lowest BCUT2D eigenvalue weighted by molar-refractivity contribution is 0.203. The Labute approximate surface area is 184 Å². The van der Waals surface area contributed by atoms with Crippen LogP contribution in [-0.2, 0) is 9.84 Å². The van der Waals surface area contributed by atoms with Crippen molar-refractivity contribution in [3.63, 3.8) is 0 Å². The summed E-state index contributed by atoms with van der Waals surface area (Å²) in [5, 5.41) is 0. The smallest absolute Gasteiger partial charge is 0.176 e. The van der Waals surface area contributed by atoms with E-state index in [-0.39, 0.29) is 10.5 Å². The molecule has 3 nitrogen and oxygen atoms in total. The molecule has 1 heterocycles. The molecule has 3 aromatic carbocycles. The predicted octanol–water partition coefficient (Wildman–Crippen LogP) is 5.45. The standard InChI is InChI=1S/C24H21BrFNO2S/c1-30(28,29)24(19-12-13-22(26)21(25)14-19)20-15-27(16-20)23(17-8-4-2-5-9-17)18-10-6-3-7-11-18/h2-14,23H,15-16H2,1H3. The van der Waals surface area contributed by atoms with Crippen molar-refractivity contribution in [1.29, 1.82) is 0 Å². The van der Waals surface area contributed by atoms with E-state index in [0.29, 0.717) is 23.6 Å². The fourth-order valence-corrected chi connectivity index (χ4v) is 5.56. The van der Waals surface area contributed by atoms with E-state index in [1.165, 1.54) is 24.5 Å². The van der Waals surface area contributed by atoms with Crippen molar-refractivity contribution in [2.45, 2.75) is 6.04 Å². The second-order valence-corrected chi connectivity index (χ2v) is 10.3. The first-order valence-electron chi connectivity index (χ1n) is 9.56. The monoisotopic (exact) mass is 485 g/mol. The second kappa shape index (κ2) is 8.46. The van der Waals surface area contributed by atoms with Crippen molar-refractivity contribution >= 4 is 30.7 Å². The molecular weight excluding hydrogens is 465 g/mol. The van der Waals surface area contributed by atoms with Gasteiger partial charge in [0.1, 0.15) is 5.82 Å². The number of hydrogen-bond acceptors (Lipinski definition) is 3. The highest BCUT2D eigenvalue weighted by atomic mass is 79.9. The molecule has 1 aliphatic rings. The van der Waals surface area contributed by atoms with Gasteiger partial charge in [0.15, 0.2) is 9.84 Å². The van der Waals surface area contributed by atoms with E-state index in [9.17, 15) is 12.8 Å². The van der Waals surface area contributed by atoms with Crippen molar-refractivity contribution in [2.75, 3.05) is 19.3 Å². The number of halogens is 2. The Kier molecular flexibility index (Phi) is 5.91. The lowest BCUT2D eigenvalue weighted by Gasteiger charge is -2.42. The summed E-state index contributed by atoms with van der Waals surface area (Å²) >= 11 is 3.16. The van der Waals surface area contributed by atoms with Crippen LogP contribution in [0, 0.1) is 5.82 Å². The van der Waals surface area contributed by atoms with Crippen LogP contribution < -0.4 is 0 Å². The molecule has 0 saturated carbocycles. The van der Waals surface area contributed by atoms with Gasteiger partial charge < -0.3 is 0 Å². The van der Waals surface area contributed by atoms with E-state index < -0.39 is 15.7 Å². The third kappa shape index (κ3) is 4.26. The molecule has 4 rings (SSSR count). The van der Waals surface area contributed by atoms with Gasteiger partial charge in [-0.05, 0) is 50.3 Å². The molecule has 0 amide bonds. The Morgan fingerprint density at radius 1 is 0.933 bits per heavy atom. The molecule has 0 spiro atoms. The van der Waals surface area contributed by atoms with Crippen LogP contribution in [0.1, 0.15) is 22.7 Å². The van der Waals surface area contributed by atoms with Gasteiger partial charge in [-0.1, -0.05) is 66.7 Å². The highest BCUT2D eigenvalue weighted by Crippen LogP contribution is 2.38. The van der Waals surface area contributed by atoms with Gasteiger partial charge in [-0.2, -0.15) is 0 Å². The van der Waals surface area contributed by atoms with Crippen molar-refractivity contribution in [3.8, 4) is 0 Å². The summed E-state index contributed by atoms with van der Waals surface area (Å²) in [6.07, 6.45) is 1.21. The lowest BCUT2D eigenvalue weighted by Crippen LogP contribution is -2.44. The molecule has 154 valence electrons. The summed E-state index contributed by atoms with van der Waals surface area (Å²) in [5.74, 6) is -0.417. The summed E-state index contributed by atoms with van der Waals surface area (Å²) < 4.78 is 39.1. The molecule has 1 fully saturated rings. The number of likely N-dealkylation sites (tertiary alicyclic amines) is 1. The SMILES string of the molecule is CS(=O)(=O)C(=C1CN(C(c2ccccc2)c2ccccc2)C1)c1ccc(F)c(Br)c1. The first kappa shape index (κ1) is 21.0. The second-order valence-electron chi connectivity index (χ2n) is 7.46. The fourth-order valence-electron chi connectivity index (χ4n) is 3.97. The molecule has 0 unspecified atom stereocenters. The molecule has 30 heavy (non-hydrogen) atoms. The maximum Gasteiger partial charge on any atom is 0.176 e. The zero-order chi connectivity index (χ0) is 21.3. The van der Waals surface area contributed by atoms with Crippen LogP contribution in [0.25, 0.3) is 4.91 Å². The molecule has 0 bridgehead atoms. The molecule has 1 aliphatic heterocycles. The number of hydrogen-bond donors (Lipinski definition) is 0. The van der Waals surface area contributed by atoms with E-state index in [0.717, 1.165) is 16.7 Å². The lowest BCUT2D eigenvalue weighted by atomic mass is 9.92. The summed E-state index contributed by atoms with van der Waals surface area (Å²) in [6, 6.07) is 24.8. The van der Waals surface area contributed by atoms with Gasteiger partial charge in [0.2, 0.25) is 0 Å². The van der Waals surface area contributed by atoms with Crippen LogP contribution in [0.2, 0.25) is 0 Å². The molecule has 3 aromatic rings. The van der Waals surface area contributed by atoms with Crippen LogP contribution in [-0.4, -0.2) is 32.7 Å². The van der Waals surface area contributed by atoms with Gasteiger partial charge >= 0.3 is 0 Å². The van der Waals surface area contributed by atoms with Crippen molar-refractivity contribution in [2.24, 2.45) is 0 Å². The van der Waals surface area contributed by atoms with E-state index >= 15 is 0 Å².